The van der Waals surface area contributed by atoms with Gasteiger partial charge in [0.25, 0.3) is 0 Å². The number of aromatic nitrogens is 1. The van der Waals surface area contributed by atoms with Crippen LogP contribution in [0.15, 0.2) is 48.8 Å². The number of anilines is 1. The van der Waals surface area contributed by atoms with Gasteiger partial charge >= 0.3 is 11.8 Å². The monoisotopic (exact) mass is 297 g/mol. The maximum atomic E-state index is 11.8. The number of pyridine rings is 1. The highest BCUT2D eigenvalue weighted by Gasteiger charge is 2.15. The first-order valence-corrected chi connectivity index (χ1v) is 7.12. The van der Waals surface area contributed by atoms with Crippen molar-refractivity contribution in [3.8, 4) is 0 Å². The molecule has 0 bridgehead atoms. The maximum Gasteiger partial charge on any atom is 0.313 e. The van der Waals surface area contributed by atoms with Crippen LogP contribution < -0.4 is 10.6 Å². The number of hydrogen-bond acceptors (Lipinski definition) is 3. The van der Waals surface area contributed by atoms with Crippen molar-refractivity contribution in [2.24, 2.45) is 0 Å². The summed E-state index contributed by atoms with van der Waals surface area (Å²) in [5.41, 5.74) is 2.80. The summed E-state index contributed by atoms with van der Waals surface area (Å²) < 4.78 is 0. The molecule has 1 aromatic heterocycles. The average molecular weight is 297 g/mol. The van der Waals surface area contributed by atoms with Crippen LogP contribution in [0.4, 0.5) is 5.69 Å². The molecule has 2 aromatic rings. The number of aryl methyl sites for hydroxylation is 1. The molecular weight excluding hydrogens is 278 g/mol. The van der Waals surface area contributed by atoms with Crippen LogP contribution in [0.2, 0.25) is 0 Å². The van der Waals surface area contributed by atoms with E-state index in [0.717, 1.165) is 5.56 Å². The van der Waals surface area contributed by atoms with Gasteiger partial charge in [0, 0.05) is 12.7 Å². The zero-order chi connectivity index (χ0) is 15.9. The molecule has 5 heteroatoms. The first kappa shape index (κ1) is 15.7. The molecule has 22 heavy (non-hydrogen) atoms. The minimum Gasteiger partial charge on any atom is -0.347 e. The van der Waals surface area contributed by atoms with E-state index in [1.54, 1.807) is 18.3 Å². The van der Waals surface area contributed by atoms with Crippen LogP contribution in [0.1, 0.15) is 24.0 Å². The Morgan fingerprint density at radius 2 is 2.00 bits per heavy atom. The van der Waals surface area contributed by atoms with Gasteiger partial charge in [0.15, 0.2) is 0 Å². The highest BCUT2D eigenvalue weighted by atomic mass is 16.2. The van der Waals surface area contributed by atoms with Crippen LogP contribution in [-0.4, -0.2) is 23.3 Å². The fourth-order valence-electron chi connectivity index (χ4n) is 2.05. The Hall–Kier alpha value is -2.69. The summed E-state index contributed by atoms with van der Waals surface area (Å²) in [6.45, 7) is 4.44. The van der Waals surface area contributed by atoms with Crippen molar-refractivity contribution in [3.05, 3.63) is 59.9 Å². The van der Waals surface area contributed by atoms with Crippen LogP contribution in [-0.2, 0) is 9.59 Å². The second-order valence-corrected chi connectivity index (χ2v) is 5.22. The fourth-order valence-corrected chi connectivity index (χ4v) is 2.05. The van der Waals surface area contributed by atoms with Crippen LogP contribution >= 0.6 is 0 Å². The lowest BCUT2D eigenvalue weighted by atomic mass is 9.99. The quantitative estimate of drug-likeness (QED) is 0.850. The molecule has 0 aliphatic rings. The van der Waals surface area contributed by atoms with Gasteiger partial charge in [-0.3, -0.25) is 14.6 Å². The minimum absolute atomic E-state index is 0.134. The largest absolute Gasteiger partial charge is 0.347 e. The molecule has 0 radical (unpaired) electrons. The molecule has 0 saturated heterocycles. The first-order valence-electron chi connectivity index (χ1n) is 7.12. The molecule has 1 atom stereocenters. The van der Waals surface area contributed by atoms with Gasteiger partial charge in [-0.25, -0.2) is 0 Å². The Labute approximate surface area is 129 Å². The summed E-state index contributed by atoms with van der Waals surface area (Å²) in [5, 5.41) is 5.15. The SMILES string of the molecule is Cc1cccc(C(C)CNC(=O)C(=O)Nc2cccnc2)c1. The van der Waals surface area contributed by atoms with Crippen molar-refractivity contribution in [1.82, 2.24) is 10.3 Å². The fraction of sp³-hybridized carbons (Fsp3) is 0.235. The highest BCUT2D eigenvalue weighted by molar-refractivity contribution is 6.39. The van der Waals surface area contributed by atoms with Crippen molar-refractivity contribution >= 4 is 17.5 Å². The van der Waals surface area contributed by atoms with E-state index in [-0.39, 0.29) is 5.92 Å². The van der Waals surface area contributed by atoms with Gasteiger partial charge in [0.2, 0.25) is 0 Å². The number of carbonyl (C=O) groups excluding carboxylic acids is 2. The minimum atomic E-state index is -0.690. The van der Waals surface area contributed by atoms with Crippen LogP contribution in [0.3, 0.4) is 0 Å². The van der Waals surface area contributed by atoms with E-state index in [1.807, 2.05) is 32.0 Å². The summed E-state index contributed by atoms with van der Waals surface area (Å²) in [5.74, 6) is -1.21. The van der Waals surface area contributed by atoms with Crippen LogP contribution in [0.5, 0.6) is 0 Å². The summed E-state index contributed by atoms with van der Waals surface area (Å²) in [6, 6.07) is 11.5. The molecule has 5 nitrogen and oxygen atoms in total. The van der Waals surface area contributed by atoms with Crippen LogP contribution in [0, 0.1) is 6.92 Å². The molecule has 2 rings (SSSR count). The Bertz CT molecular complexity index is 656. The molecule has 114 valence electrons. The summed E-state index contributed by atoms with van der Waals surface area (Å²) >= 11 is 0. The molecule has 1 aromatic carbocycles. The topological polar surface area (TPSA) is 71.1 Å². The zero-order valence-corrected chi connectivity index (χ0v) is 12.7. The normalized spacial score (nSPS) is 11.5. The van der Waals surface area contributed by atoms with Gasteiger partial charge in [-0.05, 0) is 30.5 Å². The van der Waals surface area contributed by atoms with Crippen molar-refractivity contribution in [2.45, 2.75) is 19.8 Å². The number of rotatable bonds is 4. The summed E-state index contributed by atoms with van der Waals surface area (Å²) in [6.07, 6.45) is 3.08. The second kappa shape index (κ2) is 7.36. The molecule has 2 amide bonds. The van der Waals surface area contributed by atoms with Crippen molar-refractivity contribution in [3.63, 3.8) is 0 Å². The third kappa shape index (κ3) is 4.41. The Kier molecular flexibility index (Phi) is 5.25. The number of benzene rings is 1. The molecule has 1 heterocycles. The lowest BCUT2D eigenvalue weighted by molar-refractivity contribution is -0.136. The molecule has 0 aliphatic carbocycles. The van der Waals surface area contributed by atoms with Gasteiger partial charge < -0.3 is 10.6 Å². The van der Waals surface area contributed by atoms with Gasteiger partial charge in [0.05, 0.1) is 11.9 Å². The predicted molar refractivity (Wildman–Crippen MR) is 85.5 cm³/mol. The molecular formula is C17H19N3O2. The predicted octanol–water partition coefficient (Wildman–Crippen LogP) is 2.25. The first-order chi connectivity index (χ1) is 10.6. The Morgan fingerprint density at radius 3 is 2.68 bits per heavy atom. The molecule has 0 aliphatic heterocycles. The van der Waals surface area contributed by atoms with Gasteiger partial charge in [-0.2, -0.15) is 0 Å². The van der Waals surface area contributed by atoms with E-state index < -0.39 is 11.8 Å². The lowest BCUT2D eigenvalue weighted by Gasteiger charge is -2.13. The van der Waals surface area contributed by atoms with Crippen molar-refractivity contribution in [2.75, 3.05) is 11.9 Å². The summed E-state index contributed by atoms with van der Waals surface area (Å²) in [4.78, 5) is 27.4. The highest BCUT2D eigenvalue weighted by Crippen LogP contribution is 2.15. The molecule has 0 saturated carbocycles. The van der Waals surface area contributed by atoms with Gasteiger partial charge in [-0.1, -0.05) is 36.8 Å². The second-order valence-electron chi connectivity index (χ2n) is 5.22. The number of nitrogens with zero attached hydrogens (tertiary/aromatic N) is 1. The molecule has 0 spiro atoms. The molecule has 2 N–H and O–H groups in total. The smallest absolute Gasteiger partial charge is 0.313 e. The third-order valence-corrected chi connectivity index (χ3v) is 3.31. The van der Waals surface area contributed by atoms with Crippen LogP contribution in [0.25, 0.3) is 0 Å². The standard InChI is InChI=1S/C17H19N3O2/c1-12-5-3-6-14(9-12)13(2)10-19-16(21)17(22)20-15-7-4-8-18-11-15/h3-9,11,13H,10H2,1-2H3,(H,19,21)(H,20,22). The zero-order valence-electron chi connectivity index (χ0n) is 12.7. The molecule has 1 unspecified atom stereocenters. The average Bonchev–Trinajstić information content (AvgIpc) is 2.53. The summed E-state index contributed by atoms with van der Waals surface area (Å²) in [7, 11) is 0. The van der Waals surface area contributed by atoms with E-state index in [9.17, 15) is 9.59 Å². The van der Waals surface area contributed by atoms with E-state index >= 15 is 0 Å². The number of carbonyl (C=O) groups is 2. The van der Waals surface area contributed by atoms with E-state index in [4.69, 9.17) is 0 Å². The Balaban J connectivity index is 1.85. The maximum absolute atomic E-state index is 11.8. The van der Waals surface area contributed by atoms with Crippen molar-refractivity contribution < 1.29 is 9.59 Å². The van der Waals surface area contributed by atoms with Gasteiger partial charge in [-0.15, -0.1) is 0 Å². The molecule has 0 fully saturated rings. The number of nitrogens with one attached hydrogen (secondary N) is 2. The Morgan fingerprint density at radius 1 is 1.18 bits per heavy atom. The van der Waals surface area contributed by atoms with E-state index in [1.165, 1.54) is 11.8 Å². The van der Waals surface area contributed by atoms with Crippen molar-refractivity contribution in [1.29, 1.82) is 0 Å². The third-order valence-electron chi connectivity index (χ3n) is 3.31. The lowest BCUT2D eigenvalue weighted by Crippen LogP contribution is -2.37. The van der Waals surface area contributed by atoms with E-state index in [2.05, 4.69) is 21.7 Å². The van der Waals surface area contributed by atoms with Gasteiger partial charge in [0.1, 0.15) is 0 Å². The van der Waals surface area contributed by atoms with E-state index in [0.29, 0.717) is 12.2 Å². The number of amides is 2. The number of hydrogen-bond donors (Lipinski definition) is 2.